The summed E-state index contributed by atoms with van der Waals surface area (Å²) in [5, 5.41) is 0. The molecule has 0 amide bonds. The molecule has 0 radical (unpaired) electrons. The molecular weight excluding hydrogens is 216 g/mol. The Morgan fingerprint density at radius 2 is 2.36 bits per heavy atom. The first-order valence-electron chi connectivity index (χ1n) is 4.27. The van der Waals surface area contributed by atoms with E-state index in [2.05, 4.69) is 15.4 Å². The number of hydrogen-bond donors (Lipinski definition) is 2. The molecule has 0 spiro atoms. The van der Waals surface area contributed by atoms with Crippen LogP contribution in [0.25, 0.3) is 0 Å². The van der Waals surface area contributed by atoms with Crippen LogP contribution in [0.4, 0.5) is 5.82 Å². The first kappa shape index (κ1) is 10.1. The van der Waals surface area contributed by atoms with Gasteiger partial charge in [0.1, 0.15) is 11.6 Å². The van der Waals surface area contributed by atoms with Crippen LogP contribution in [0.3, 0.4) is 0 Å². The van der Waals surface area contributed by atoms with Gasteiger partial charge in [-0.3, -0.25) is 0 Å². The third-order valence-electron chi connectivity index (χ3n) is 2.03. The summed E-state index contributed by atoms with van der Waals surface area (Å²) in [6.45, 7) is 0. The van der Waals surface area contributed by atoms with E-state index in [4.69, 9.17) is 5.84 Å². The predicted octanol–water partition coefficient (Wildman–Crippen LogP) is 1.37. The summed E-state index contributed by atoms with van der Waals surface area (Å²) in [5.74, 6) is 9.88. The minimum Gasteiger partial charge on any atom is -0.308 e. The van der Waals surface area contributed by atoms with E-state index in [0.717, 1.165) is 34.6 Å². The molecule has 1 aliphatic rings. The molecule has 0 aromatic carbocycles. The normalized spacial score (nSPS) is 14.1. The molecule has 2 heterocycles. The maximum atomic E-state index is 5.43. The zero-order chi connectivity index (χ0) is 9.97. The van der Waals surface area contributed by atoms with Crippen molar-refractivity contribution in [3.8, 4) is 0 Å². The Hall–Kier alpha value is -0.460. The van der Waals surface area contributed by atoms with Crippen molar-refractivity contribution in [2.24, 2.45) is 5.84 Å². The van der Waals surface area contributed by atoms with Gasteiger partial charge < -0.3 is 5.43 Å². The van der Waals surface area contributed by atoms with Gasteiger partial charge in [0.25, 0.3) is 0 Å². The molecule has 4 nitrogen and oxygen atoms in total. The van der Waals surface area contributed by atoms with Crippen molar-refractivity contribution >= 4 is 29.3 Å². The standard InChI is InChI=1S/C8H12N4S2/c1-13-4-7-10-6-3-14-2-5(6)8(11-7)12-9/h2-4,9H2,1H3,(H,10,11,12). The van der Waals surface area contributed by atoms with Crippen molar-refractivity contribution in [3.05, 3.63) is 17.1 Å². The second-order valence-electron chi connectivity index (χ2n) is 2.98. The number of nitrogens with one attached hydrogen (secondary N) is 1. The fraction of sp³-hybridized carbons (Fsp3) is 0.500. The molecule has 0 fully saturated rings. The van der Waals surface area contributed by atoms with E-state index in [1.165, 1.54) is 5.56 Å². The highest BCUT2D eigenvalue weighted by Gasteiger charge is 2.18. The fourth-order valence-corrected chi connectivity index (χ4v) is 2.84. The zero-order valence-corrected chi connectivity index (χ0v) is 9.54. The quantitative estimate of drug-likeness (QED) is 0.602. The molecule has 1 aromatic rings. The number of aromatic nitrogens is 2. The number of nitrogens with two attached hydrogens (primary N) is 1. The summed E-state index contributed by atoms with van der Waals surface area (Å²) in [6.07, 6.45) is 2.04. The number of hydrazine groups is 1. The van der Waals surface area contributed by atoms with Gasteiger partial charge >= 0.3 is 0 Å². The minimum atomic E-state index is 0.795. The lowest BCUT2D eigenvalue weighted by Crippen LogP contribution is -2.13. The number of rotatable bonds is 3. The monoisotopic (exact) mass is 228 g/mol. The third kappa shape index (κ3) is 1.82. The number of hydrogen-bond acceptors (Lipinski definition) is 6. The average Bonchev–Trinajstić information content (AvgIpc) is 2.65. The molecule has 76 valence electrons. The highest BCUT2D eigenvalue weighted by Crippen LogP contribution is 2.32. The lowest BCUT2D eigenvalue weighted by molar-refractivity contribution is 0.970. The van der Waals surface area contributed by atoms with Gasteiger partial charge in [-0.05, 0) is 6.26 Å². The van der Waals surface area contributed by atoms with Crippen molar-refractivity contribution in [1.29, 1.82) is 0 Å². The summed E-state index contributed by atoms with van der Waals surface area (Å²) in [5.41, 5.74) is 4.96. The van der Waals surface area contributed by atoms with Crippen LogP contribution in [0.2, 0.25) is 0 Å². The van der Waals surface area contributed by atoms with E-state index in [1.807, 2.05) is 18.0 Å². The predicted molar refractivity (Wildman–Crippen MR) is 62.1 cm³/mol. The Morgan fingerprint density at radius 1 is 1.50 bits per heavy atom. The maximum absolute atomic E-state index is 5.43. The lowest BCUT2D eigenvalue weighted by Gasteiger charge is -2.07. The van der Waals surface area contributed by atoms with Crippen LogP contribution in [0.5, 0.6) is 0 Å². The van der Waals surface area contributed by atoms with Crippen molar-refractivity contribution < 1.29 is 0 Å². The largest absolute Gasteiger partial charge is 0.308 e. The second-order valence-corrected chi connectivity index (χ2v) is 4.84. The van der Waals surface area contributed by atoms with Crippen molar-refractivity contribution in [2.45, 2.75) is 17.3 Å². The number of anilines is 1. The number of thioether (sulfide) groups is 2. The van der Waals surface area contributed by atoms with Gasteiger partial charge in [0.2, 0.25) is 0 Å². The van der Waals surface area contributed by atoms with Crippen LogP contribution in [-0.4, -0.2) is 16.2 Å². The summed E-state index contributed by atoms with van der Waals surface area (Å²) < 4.78 is 0. The van der Waals surface area contributed by atoms with Crippen LogP contribution >= 0.6 is 23.5 Å². The molecule has 0 saturated heterocycles. The molecule has 0 saturated carbocycles. The Kier molecular flexibility index (Phi) is 3.15. The zero-order valence-electron chi connectivity index (χ0n) is 7.91. The van der Waals surface area contributed by atoms with Crippen LogP contribution in [-0.2, 0) is 17.3 Å². The smallest absolute Gasteiger partial charge is 0.148 e. The molecule has 3 N–H and O–H groups in total. The van der Waals surface area contributed by atoms with Crippen molar-refractivity contribution in [2.75, 3.05) is 11.7 Å². The van der Waals surface area contributed by atoms with E-state index < -0.39 is 0 Å². The van der Waals surface area contributed by atoms with Gasteiger partial charge in [-0.15, -0.1) is 0 Å². The van der Waals surface area contributed by atoms with Gasteiger partial charge in [-0.2, -0.15) is 23.5 Å². The van der Waals surface area contributed by atoms with Crippen LogP contribution in [0.15, 0.2) is 0 Å². The Labute approximate surface area is 91.4 Å². The SMILES string of the molecule is CSCc1nc2c(c(NN)n1)CSC2. The molecule has 2 rings (SSSR count). The summed E-state index contributed by atoms with van der Waals surface area (Å²) in [6, 6.07) is 0. The summed E-state index contributed by atoms with van der Waals surface area (Å²) >= 11 is 3.57. The molecule has 0 atom stereocenters. The van der Waals surface area contributed by atoms with E-state index in [9.17, 15) is 0 Å². The topological polar surface area (TPSA) is 63.8 Å². The molecule has 0 bridgehead atoms. The Morgan fingerprint density at radius 3 is 3.07 bits per heavy atom. The van der Waals surface area contributed by atoms with Gasteiger partial charge in [0.05, 0.1) is 11.4 Å². The lowest BCUT2D eigenvalue weighted by atomic mass is 10.2. The van der Waals surface area contributed by atoms with Gasteiger partial charge in [-0.1, -0.05) is 0 Å². The summed E-state index contributed by atoms with van der Waals surface area (Å²) in [7, 11) is 0. The average molecular weight is 228 g/mol. The highest BCUT2D eigenvalue weighted by atomic mass is 32.2. The fourth-order valence-electron chi connectivity index (χ4n) is 1.42. The maximum Gasteiger partial charge on any atom is 0.148 e. The second kappa shape index (κ2) is 4.37. The van der Waals surface area contributed by atoms with Gasteiger partial charge in [-0.25, -0.2) is 15.8 Å². The van der Waals surface area contributed by atoms with Crippen molar-refractivity contribution in [3.63, 3.8) is 0 Å². The number of nitrogen functional groups attached to an aromatic ring is 1. The number of nitrogens with zero attached hydrogens (tertiary/aromatic N) is 2. The molecule has 14 heavy (non-hydrogen) atoms. The van der Waals surface area contributed by atoms with Gasteiger partial charge in [0, 0.05) is 17.1 Å². The molecule has 6 heteroatoms. The van der Waals surface area contributed by atoms with E-state index in [1.54, 1.807) is 11.8 Å². The molecular formula is C8H12N4S2. The van der Waals surface area contributed by atoms with Crippen LogP contribution < -0.4 is 11.3 Å². The number of fused-ring (bicyclic) bond motifs is 1. The first-order chi connectivity index (χ1) is 6.85. The Balaban J connectivity index is 2.39. The minimum absolute atomic E-state index is 0.795. The first-order valence-corrected chi connectivity index (χ1v) is 6.82. The van der Waals surface area contributed by atoms with E-state index >= 15 is 0 Å². The third-order valence-corrected chi connectivity index (χ3v) is 3.55. The van der Waals surface area contributed by atoms with E-state index in [0.29, 0.717) is 0 Å². The Bertz CT molecular complexity index is 342. The van der Waals surface area contributed by atoms with Crippen molar-refractivity contribution in [1.82, 2.24) is 9.97 Å². The van der Waals surface area contributed by atoms with Crippen LogP contribution in [0.1, 0.15) is 17.1 Å². The molecule has 1 aliphatic heterocycles. The van der Waals surface area contributed by atoms with Crippen LogP contribution in [0, 0.1) is 0 Å². The molecule has 1 aromatic heterocycles. The van der Waals surface area contributed by atoms with Gasteiger partial charge in [0.15, 0.2) is 0 Å². The molecule has 0 unspecified atom stereocenters. The highest BCUT2D eigenvalue weighted by molar-refractivity contribution is 7.98. The summed E-state index contributed by atoms with van der Waals surface area (Å²) in [4.78, 5) is 8.87. The van der Waals surface area contributed by atoms with E-state index in [-0.39, 0.29) is 0 Å². The molecule has 0 aliphatic carbocycles.